The van der Waals surface area contributed by atoms with Gasteiger partial charge in [0.1, 0.15) is 6.67 Å². The zero-order valence-corrected chi connectivity index (χ0v) is 9.88. The second-order valence-corrected chi connectivity index (χ2v) is 4.76. The molecule has 0 fully saturated rings. The molecule has 88 valence electrons. The van der Waals surface area contributed by atoms with Crippen LogP contribution in [0.4, 0.5) is 4.39 Å². The van der Waals surface area contributed by atoms with Crippen LogP contribution in [0.25, 0.3) is 0 Å². The second-order valence-electron chi connectivity index (χ2n) is 4.76. The van der Waals surface area contributed by atoms with E-state index in [2.05, 4.69) is 0 Å². The van der Waals surface area contributed by atoms with E-state index in [1.54, 1.807) is 26.0 Å². The summed E-state index contributed by atoms with van der Waals surface area (Å²) in [6, 6.07) is 5.31. The average Bonchev–Trinajstić information content (AvgIpc) is 2.21. The van der Waals surface area contributed by atoms with Gasteiger partial charge in [-0.05, 0) is 43.9 Å². The molecule has 1 rings (SSSR count). The molecular weight excluding hydrogens is 207 g/mol. The van der Waals surface area contributed by atoms with Crippen LogP contribution in [-0.4, -0.2) is 11.1 Å². The Morgan fingerprint density at radius 3 is 2.56 bits per heavy atom. The number of benzene rings is 1. The normalized spacial score (nSPS) is 11.5. The largest absolute Gasteiger partial charge is 0.481 e. The number of aryl methyl sites for hydroxylation is 1. The van der Waals surface area contributed by atoms with Crippen molar-refractivity contribution in [2.75, 3.05) is 0 Å². The fourth-order valence-corrected chi connectivity index (χ4v) is 1.55. The van der Waals surface area contributed by atoms with Crippen LogP contribution in [0.5, 0.6) is 0 Å². The number of rotatable bonds is 4. The summed E-state index contributed by atoms with van der Waals surface area (Å²) in [4.78, 5) is 11.0. The Bertz CT molecular complexity index is 397. The Hall–Kier alpha value is -1.38. The molecule has 0 amide bonds. The highest BCUT2D eigenvalue weighted by Gasteiger charge is 2.27. The number of carboxylic acids is 1. The molecule has 0 unspecified atom stereocenters. The highest BCUT2D eigenvalue weighted by atomic mass is 19.1. The maximum absolute atomic E-state index is 12.5. The lowest BCUT2D eigenvalue weighted by Crippen LogP contribution is -2.26. The van der Waals surface area contributed by atoms with Gasteiger partial charge in [-0.3, -0.25) is 4.79 Å². The molecular formula is C13H17FO2. The van der Waals surface area contributed by atoms with Crippen molar-refractivity contribution in [3.63, 3.8) is 0 Å². The molecule has 2 nitrogen and oxygen atoms in total. The number of carbonyl (C=O) groups is 1. The molecule has 0 saturated carbocycles. The number of halogens is 1. The minimum atomic E-state index is -0.836. The van der Waals surface area contributed by atoms with Gasteiger partial charge in [-0.15, -0.1) is 0 Å². The number of carboxylic acid groups (broad SMARTS) is 1. The first-order valence-corrected chi connectivity index (χ1v) is 5.24. The monoisotopic (exact) mass is 224 g/mol. The van der Waals surface area contributed by atoms with Crippen LogP contribution >= 0.6 is 0 Å². The predicted molar refractivity (Wildman–Crippen MR) is 61.1 cm³/mol. The number of alkyl halides is 1. The molecule has 0 radical (unpaired) electrons. The van der Waals surface area contributed by atoms with Gasteiger partial charge in [-0.1, -0.05) is 18.2 Å². The fraction of sp³-hybridized carbons (Fsp3) is 0.462. The summed E-state index contributed by atoms with van der Waals surface area (Å²) < 4.78 is 12.5. The van der Waals surface area contributed by atoms with Crippen LogP contribution in [0.2, 0.25) is 0 Å². The summed E-state index contributed by atoms with van der Waals surface area (Å²) in [5.74, 6) is -0.836. The van der Waals surface area contributed by atoms with Crippen molar-refractivity contribution in [1.29, 1.82) is 0 Å². The Balaban J connectivity index is 3.00. The molecule has 0 spiro atoms. The lowest BCUT2D eigenvalue weighted by Gasteiger charge is -2.20. The molecule has 0 aliphatic heterocycles. The van der Waals surface area contributed by atoms with Crippen molar-refractivity contribution < 1.29 is 14.3 Å². The topological polar surface area (TPSA) is 37.3 Å². The van der Waals surface area contributed by atoms with Gasteiger partial charge < -0.3 is 5.11 Å². The second kappa shape index (κ2) is 4.64. The van der Waals surface area contributed by atoms with Crippen molar-refractivity contribution in [3.05, 3.63) is 34.9 Å². The summed E-state index contributed by atoms with van der Waals surface area (Å²) in [5, 5.41) is 9.05. The lowest BCUT2D eigenvalue weighted by molar-refractivity contribution is -0.146. The highest BCUT2D eigenvalue weighted by molar-refractivity contribution is 5.74. The van der Waals surface area contributed by atoms with Crippen molar-refractivity contribution in [1.82, 2.24) is 0 Å². The average molecular weight is 224 g/mol. The van der Waals surface area contributed by atoms with E-state index in [0.29, 0.717) is 12.0 Å². The van der Waals surface area contributed by atoms with E-state index in [-0.39, 0.29) is 0 Å². The van der Waals surface area contributed by atoms with Crippen molar-refractivity contribution in [2.24, 2.45) is 5.41 Å². The molecule has 0 aliphatic carbocycles. The Kier molecular flexibility index (Phi) is 3.68. The molecule has 0 heterocycles. The van der Waals surface area contributed by atoms with Gasteiger partial charge in [-0.2, -0.15) is 0 Å². The Labute approximate surface area is 95.1 Å². The number of aliphatic carboxylic acids is 1. The van der Waals surface area contributed by atoms with Gasteiger partial charge in [0.05, 0.1) is 5.41 Å². The van der Waals surface area contributed by atoms with Gasteiger partial charge in [0.2, 0.25) is 0 Å². The van der Waals surface area contributed by atoms with E-state index < -0.39 is 18.1 Å². The first kappa shape index (κ1) is 12.7. The molecule has 0 atom stereocenters. The summed E-state index contributed by atoms with van der Waals surface area (Å²) in [6.45, 7) is 4.75. The molecule has 0 aliphatic rings. The smallest absolute Gasteiger partial charge is 0.309 e. The standard InChI is InChI=1S/C13H17FO2/c1-9-4-5-10(8-14)6-11(9)7-13(2,3)12(15)16/h4-6H,7-8H2,1-3H3,(H,15,16). The number of hydrogen-bond donors (Lipinski definition) is 1. The van der Waals surface area contributed by atoms with Crippen LogP contribution < -0.4 is 0 Å². The van der Waals surface area contributed by atoms with Crippen LogP contribution in [0, 0.1) is 12.3 Å². The lowest BCUT2D eigenvalue weighted by atomic mass is 9.84. The quantitative estimate of drug-likeness (QED) is 0.853. The molecule has 0 bridgehead atoms. The zero-order chi connectivity index (χ0) is 12.3. The van der Waals surface area contributed by atoms with E-state index in [1.807, 2.05) is 13.0 Å². The first-order valence-electron chi connectivity index (χ1n) is 5.24. The third-order valence-corrected chi connectivity index (χ3v) is 2.78. The van der Waals surface area contributed by atoms with E-state index in [9.17, 15) is 9.18 Å². The minimum Gasteiger partial charge on any atom is -0.481 e. The molecule has 1 aromatic carbocycles. The van der Waals surface area contributed by atoms with E-state index in [1.165, 1.54) is 0 Å². The summed E-state index contributed by atoms with van der Waals surface area (Å²) >= 11 is 0. The Morgan fingerprint density at radius 1 is 1.44 bits per heavy atom. The highest BCUT2D eigenvalue weighted by Crippen LogP contribution is 2.25. The fourth-order valence-electron chi connectivity index (χ4n) is 1.55. The summed E-state index contributed by atoms with van der Waals surface area (Å²) in [5.41, 5.74) is 1.69. The van der Waals surface area contributed by atoms with Gasteiger partial charge in [0, 0.05) is 0 Å². The van der Waals surface area contributed by atoms with Crippen molar-refractivity contribution >= 4 is 5.97 Å². The zero-order valence-electron chi connectivity index (χ0n) is 9.88. The van der Waals surface area contributed by atoms with E-state index in [0.717, 1.165) is 11.1 Å². The molecule has 0 saturated heterocycles. The molecule has 1 N–H and O–H groups in total. The third kappa shape index (κ3) is 2.81. The summed E-state index contributed by atoms with van der Waals surface area (Å²) in [7, 11) is 0. The molecule has 1 aromatic rings. The number of hydrogen-bond acceptors (Lipinski definition) is 1. The van der Waals surface area contributed by atoms with Crippen molar-refractivity contribution in [2.45, 2.75) is 33.9 Å². The van der Waals surface area contributed by atoms with E-state index in [4.69, 9.17) is 5.11 Å². The van der Waals surface area contributed by atoms with Gasteiger partial charge in [0.25, 0.3) is 0 Å². The predicted octanol–water partition coefficient (Wildman–Crippen LogP) is 3.12. The minimum absolute atomic E-state index is 0.419. The first-order chi connectivity index (χ1) is 7.36. The van der Waals surface area contributed by atoms with Crippen LogP contribution in [0.3, 0.4) is 0 Å². The molecule has 3 heteroatoms. The SMILES string of the molecule is Cc1ccc(CF)cc1CC(C)(C)C(=O)O. The van der Waals surface area contributed by atoms with Crippen LogP contribution in [0.1, 0.15) is 30.5 Å². The van der Waals surface area contributed by atoms with Crippen LogP contribution in [-0.2, 0) is 17.9 Å². The maximum Gasteiger partial charge on any atom is 0.309 e. The van der Waals surface area contributed by atoms with Crippen LogP contribution in [0.15, 0.2) is 18.2 Å². The maximum atomic E-state index is 12.5. The third-order valence-electron chi connectivity index (χ3n) is 2.78. The summed E-state index contributed by atoms with van der Waals surface area (Å²) in [6.07, 6.45) is 0.419. The molecule has 16 heavy (non-hydrogen) atoms. The van der Waals surface area contributed by atoms with Gasteiger partial charge in [-0.25, -0.2) is 4.39 Å². The Morgan fingerprint density at radius 2 is 2.06 bits per heavy atom. The van der Waals surface area contributed by atoms with Gasteiger partial charge in [0.15, 0.2) is 0 Å². The van der Waals surface area contributed by atoms with Gasteiger partial charge >= 0.3 is 5.97 Å². The van der Waals surface area contributed by atoms with Crippen molar-refractivity contribution in [3.8, 4) is 0 Å². The molecule has 0 aromatic heterocycles. The van der Waals surface area contributed by atoms with E-state index >= 15 is 0 Å².